The van der Waals surface area contributed by atoms with Crippen LogP contribution in [0.15, 0.2) is 18.3 Å². The molecule has 0 bridgehead atoms. The standard InChI is InChI=1S/C13H15N3O3/c14-8-13(3-6-19-7-4-13)16-11(17)9-2-1-5-15-10(9)12(16)18/h1-2,5H,3-4,6-8,14H2. The summed E-state index contributed by atoms with van der Waals surface area (Å²) in [4.78, 5) is 30.2. The Morgan fingerprint density at radius 2 is 2.05 bits per heavy atom. The molecule has 2 aliphatic heterocycles. The number of aromatic nitrogens is 1. The smallest absolute Gasteiger partial charge is 0.280 e. The maximum Gasteiger partial charge on any atom is 0.280 e. The van der Waals surface area contributed by atoms with E-state index in [0.29, 0.717) is 31.6 Å². The molecule has 6 heteroatoms. The monoisotopic (exact) mass is 261 g/mol. The second-order valence-electron chi connectivity index (χ2n) is 4.89. The fourth-order valence-electron chi connectivity index (χ4n) is 2.77. The van der Waals surface area contributed by atoms with Crippen molar-refractivity contribution in [2.45, 2.75) is 18.4 Å². The van der Waals surface area contributed by atoms with Crippen molar-refractivity contribution < 1.29 is 14.3 Å². The van der Waals surface area contributed by atoms with Gasteiger partial charge in [-0.3, -0.25) is 19.5 Å². The van der Waals surface area contributed by atoms with Crippen molar-refractivity contribution >= 4 is 11.8 Å². The summed E-state index contributed by atoms with van der Waals surface area (Å²) in [6.45, 7) is 1.28. The van der Waals surface area contributed by atoms with Gasteiger partial charge in [0.1, 0.15) is 5.69 Å². The number of rotatable bonds is 2. The van der Waals surface area contributed by atoms with Gasteiger partial charge in [-0.1, -0.05) is 0 Å². The Morgan fingerprint density at radius 1 is 1.32 bits per heavy atom. The van der Waals surface area contributed by atoms with Gasteiger partial charge in [-0.05, 0) is 25.0 Å². The average Bonchev–Trinajstić information content (AvgIpc) is 2.73. The van der Waals surface area contributed by atoms with Crippen LogP contribution < -0.4 is 5.73 Å². The van der Waals surface area contributed by atoms with Gasteiger partial charge in [0, 0.05) is 26.0 Å². The SMILES string of the molecule is NCC1(N2C(=O)c3cccnc3C2=O)CCOCC1. The summed E-state index contributed by atoms with van der Waals surface area (Å²) in [7, 11) is 0. The molecule has 2 aliphatic rings. The van der Waals surface area contributed by atoms with E-state index in [1.165, 1.54) is 11.1 Å². The molecule has 6 nitrogen and oxygen atoms in total. The third-order valence-electron chi connectivity index (χ3n) is 3.92. The first-order valence-corrected chi connectivity index (χ1v) is 6.31. The van der Waals surface area contributed by atoms with E-state index in [-0.39, 0.29) is 24.1 Å². The van der Waals surface area contributed by atoms with Crippen LogP contribution in [0.1, 0.15) is 33.7 Å². The number of carbonyl (C=O) groups is 2. The quantitative estimate of drug-likeness (QED) is 0.768. The third-order valence-corrected chi connectivity index (χ3v) is 3.92. The van der Waals surface area contributed by atoms with Crippen LogP contribution in [0.2, 0.25) is 0 Å². The van der Waals surface area contributed by atoms with Crippen molar-refractivity contribution in [2.24, 2.45) is 5.73 Å². The highest BCUT2D eigenvalue weighted by molar-refractivity contribution is 6.20. The van der Waals surface area contributed by atoms with E-state index in [1.54, 1.807) is 12.1 Å². The van der Waals surface area contributed by atoms with Crippen LogP contribution in [0.4, 0.5) is 0 Å². The fourth-order valence-corrected chi connectivity index (χ4v) is 2.77. The molecule has 0 unspecified atom stereocenters. The molecule has 2 N–H and O–H groups in total. The van der Waals surface area contributed by atoms with Crippen molar-refractivity contribution in [1.29, 1.82) is 0 Å². The van der Waals surface area contributed by atoms with Crippen molar-refractivity contribution in [3.05, 3.63) is 29.6 Å². The number of ether oxygens (including phenoxy) is 1. The van der Waals surface area contributed by atoms with Crippen LogP contribution >= 0.6 is 0 Å². The van der Waals surface area contributed by atoms with Crippen molar-refractivity contribution in [3.8, 4) is 0 Å². The molecule has 0 aromatic carbocycles. The first-order valence-electron chi connectivity index (χ1n) is 6.31. The summed E-state index contributed by atoms with van der Waals surface area (Å²) in [6.07, 6.45) is 2.68. The summed E-state index contributed by atoms with van der Waals surface area (Å²) in [5, 5.41) is 0. The third kappa shape index (κ3) is 1.67. The molecule has 0 atom stereocenters. The molecule has 1 aromatic heterocycles. The van der Waals surface area contributed by atoms with Crippen LogP contribution in [0.5, 0.6) is 0 Å². The van der Waals surface area contributed by atoms with Crippen molar-refractivity contribution in [2.75, 3.05) is 19.8 Å². The topological polar surface area (TPSA) is 85.5 Å². The largest absolute Gasteiger partial charge is 0.381 e. The van der Waals surface area contributed by atoms with Crippen LogP contribution in [0.3, 0.4) is 0 Å². The summed E-state index contributed by atoms with van der Waals surface area (Å²) in [6, 6.07) is 3.29. The lowest BCUT2D eigenvalue weighted by Gasteiger charge is -2.42. The maximum absolute atomic E-state index is 12.4. The first-order chi connectivity index (χ1) is 9.19. The normalized spacial score (nSPS) is 21.6. The lowest BCUT2D eigenvalue weighted by atomic mass is 9.88. The zero-order valence-electron chi connectivity index (χ0n) is 10.5. The van der Waals surface area contributed by atoms with Gasteiger partial charge in [0.25, 0.3) is 11.8 Å². The molecule has 0 radical (unpaired) electrons. The lowest BCUT2D eigenvalue weighted by Crippen LogP contribution is -2.59. The van der Waals surface area contributed by atoms with E-state index >= 15 is 0 Å². The predicted octanol–water partition coefficient (Wildman–Crippen LogP) is 0.185. The minimum atomic E-state index is -0.632. The molecular formula is C13H15N3O3. The average molecular weight is 261 g/mol. The Hall–Kier alpha value is -1.79. The van der Waals surface area contributed by atoms with E-state index in [9.17, 15) is 9.59 Å². The maximum atomic E-state index is 12.4. The van der Waals surface area contributed by atoms with Crippen molar-refractivity contribution in [3.63, 3.8) is 0 Å². The Morgan fingerprint density at radius 3 is 2.68 bits per heavy atom. The zero-order chi connectivity index (χ0) is 13.5. The minimum Gasteiger partial charge on any atom is -0.381 e. The van der Waals surface area contributed by atoms with Crippen LogP contribution in [0.25, 0.3) is 0 Å². The molecular weight excluding hydrogens is 246 g/mol. The van der Waals surface area contributed by atoms with Gasteiger partial charge in [-0.2, -0.15) is 0 Å². The number of pyridine rings is 1. The Bertz CT molecular complexity index is 503. The Balaban J connectivity index is 2.03. The van der Waals surface area contributed by atoms with E-state index in [2.05, 4.69) is 4.98 Å². The molecule has 2 amide bonds. The highest BCUT2D eigenvalue weighted by atomic mass is 16.5. The Kier molecular flexibility index (Phi) is 2.83. The number of nitrogens with zero attached hydrogens (tertiary/aromatic N) is 2. The van der Waals surface area contributed by atoms with Gasteiger partial charge >= 0.3 is 0 Å². The van der Waals surface area contributed by atoms with Crippen LogP contribution in [-0.4, -0.2) is 47.0 Å². The highest BCUT2D eigenvalue weighted by Gasteiger charge is 2.49. The Labute approximate surface area is 110 Å². The molecule has 19 heavy (non-hydrogen) atoms. The van der Waals surface area contributed by atoms with Crippen LogP contribution in [-0.2, 0) is 4.74 Å². The number of imide groups is 1. The van der Waals surface area contributed by atoms with Gasteiger partial charge in [-0.25, -0.2) is 0 Å². The molecule has 3 rings (SSSR count). The molecule has 0 spiro atoms. The summed E-state index contributed by atoms with van der Waals surface area (Å²) >= 11 is 0. The second kappa shape index (κ2) is 4.40. The molecule has 0 aliphatic carbocycles. The molecule has 100 valence electrons. The second-order valence-corrected chi connectivity index (χ2v) is 4.89. The highest BCUT2D eigenvalue weighted by Crippen LogP contribution is 2.34. The minimum absolute atomic E-state index is 0.229. The number of nitrogens with two attached hydrogens (primary N) is 1. The van der Waals surface area contributed by atoms with Gasteiger partial charge in [-0.15, -0.1) is 0 Å². The van der Waals surface area contributed by atoms with E-state index < -0.39 is 5.54 Å². The van der Waals surface area contributed by atoms with Gasteiger partial charge < -0.3 is 10.5 Å². The summed E-state index contributed by atoms with van der Waals surface area (Å²) in [5.74, 6) is -0.631. The molecule has 1 aromatic rings. The molecule has 1 saturated heterocycles. The number of carbonyl (C=O) groups excluding carboxylic acids is 2. The number of amides is 2. The predicted molar refractivity (Wildman–Crippen MR) is 66.6 cm³/mol. The van der Waals surface area contributed by atoms with E-state index in [0.717, 1.165) is 0 Å². The van der Waals surface area contributed by atoms with Crippen molar-refractivity contribution in [1.82, 2.24) is 9.88 Å². The number of hydrogen-bond acceptors (Lipinski definition) is 5. The van der Waals surface area contributed by atoms with Gasteiger partial charge in [0.15, 0.2) is 0 Å². The zero-order valence-corrected chi connectivity index (χ0v) is 10.5. The summed E-state index contributed by atoms with van der Waals surface area (Å²) in [5.41, 5.74) is 5.82. The fraction of sp³-hybridized carbons (Fsp3) is 0.462. The summed E-state index contributed by atoms with van der Waals surface area (Å²) < 4.78 is 5.31. The molecule has 1 fully saturated rings. The van der Waals surface area contributed by atoms with Gasteiger partial charge in [0.05, 0.1) is 11.1 Å². The van der Waals surface area contributed by atoms with Gasteiger partial charge in [0.2, 0.25) is 0 Å². The number of fused-ring (bicyclic) bond motifs is 1. The van der Waals surface area contributed by atoms with Crippen LogP contribution in [0, 0.1) is 0 Å². The van der Waals surface area contributed by atoms with E-state index in [4.69, 9.17) is 10.5 Å². The molecule has 0 saturated carbocycles. The van der Waals surface area contributed by atoms with E-state index in [1.807, 2.05) is 0 Å². The number of hydrogen-bond donors (Lipinski definition) is 1. The molecule has 3 heterocycles. The lowest BCUT2D eigenvalue weighted by molar-refractivity contribution is -0.00785. The first kappa shape index (κ1) is 12.3.